The summed E-state index contributed by atoms with van der Waals surface area (Å²) in [5, 5.41) is 0. The Morgan fingerprint density at radius 1 is 1.33 bits per heavy atom. The van der Waals surface area contributed by atoms with Crippen LogP contribution >= 0.6 is 15.9 Å². The molecule has 0 bridgehead atoms. The molecule has 0 atom stereocenters. The molecule has 0 unspecified atom stereocenters. The van der Waals surface area contributed by atoms with Crippen LogP contribution < -0.4 is 4.72 Å². The number of anilines is 1. The molecule has 0 amide bonds. The van der Waals surface area contributed by atoms with Crippen LogP contribution in [0.25, 0.3) is 0 Å². The van der Waals surface area contributed by atoms with Gasteiger partial charge in [-0.2, -0.15) is 12.7 Å². The fraction of sp³-hybridized carbons (Fsp3) is 0.583. The van der Waals surface area contributed by atoms with E-state index in [2.05, 4.69) is 25.6 Å². The lowest BCUT2D eigenvalue weighted by Crippen LogP contribution is -2.45. The van der Waals surface area contributed by atoms with Crippen molar-refractivity contribution in [3.8, 4) is 0 Å². The summed E-state index contributed by atoms with van der Waals surface area (Å²) < 4.78 is 55.0. The van der Waals surface area contributed by atoms with E-state index in [4.69, 9.17) is 0 Å². The molecule has 1 fully saturated rings. The van der Waals surface area contributed by atoms with E-state index in [1.165, 1.54) is 0 Å². The van der Waals surface area contributed by atoms with Crippen molar-refractivity contribution in [2.24, 2.45) is 0 Å². The summed E-state index contributed by atoms with van der Waals surface area (Å²) in [4.78, 5) is 4.08. The van der Waals surface area contributed by atoms with Gasteiger partial charge < -0.3 is 0 Å². The van der Waals surface area contributed by atoms with Crippen LogP contribution in [0.1, 0.15) is 24.1 Å². The van der Waals surface area contributed by atoms with Gasteiger partial charge in [0.1, 0.15) is 0 Å². The van der Waals surface area contributed by atoms with Gasteiger partial charge in [-0.05, 0) is 35.3 Å². The van der Waals surface area contributed by atoms with Gasteiger partial charge in [-0.1, -0.05) is 0 Å². The number of aryl methyl sites for hydroxylation is 1. The molecule has 1 aromatic heterocycles. The molecule has 118 valence electrons. The summed E-state index contributed by atoms with van der Waals surface area (Å²) >= 11 is 3.29. The number of hydrogen-bond acceptors (Lipinski definition) is 3. The lowest BCUT2D eigenvalue weighted by atomic mass is 10.1. The van der Waals surface area contributed by atoms with E-state index in [0.717, 1.165) is 4.31 Å². The predicted octanol–water partition coefficient (Wildman–Crippen LogP) is 2.85. The Balaban J connectivity index is 2.21. The number of rotatable bonds is 3. The van der Waals surface area contributed by atoms with Crippen LogP contribution in [0, 0.1) is 13.8 Å². The number of hydrogen-bond donors (Lipinski definition) is 1. The summed E-state index contributed by atoms with van der Waals surface area (Å²) in [6.07, 6.45) is 0.676. The normalized spacial score (nSPS) is 19.5. The van der Waals surface area contributed by atoms with Crippen LogP contribution in [0.5, 0.6) is 0 Å². The van der Waals surface area contributed by atoms with Crippen LogP contribution in [-0.4, -0.2) is 36.7 Å². The molecular formula is C12H16BrF2N3O2S. The maximum absolute atomic E-state index is 13.1. The van der Waals surface area contributed by atoms with E-state index >= 15 is 0 Å². The fourth-order valence-corrected chi connectivity index (χ4v) is 3.76. The zero-order valence-electron chi connectivity index (χ0n) is 11.7. The molecule has 0 saturated carbocycles. The number of alkyl halides is 2. The Morgan fingerprint density at radius 2 is 1.90 bits per heavy atom. The molecule has 0 spiro atoms. The van der Waals surface area contributed by atoms with Gasteiger partial charge in [0, 0.05) is 36.6 Å². The molecule has 1 N–H and O–H groups in total. The number of pyridine rings is 1. The first-order valence-corrected chi connectivity index (χ1v) is 8.63. The quantitative estimate of drug-likeness (QED) is 0.872. The number of nitrogens with one attached hydrogen (secondary N) is 1. The van der Waals surface area contributed by atoms with Crippen LogP contribution in [-0.2, 0) is 10.2 Å². The average molecular weight is 384 g/mol. The van der Waals surface area contributed by atoms with Gasteiger partial charge in [-0.3, -0.25) is 9.71 Å². The van der Waals surface area contributed by atoms with Crippen LogP contribution in [0.4, 0.5) is 14.5 Å². The zero-order chi connectivity index (χ0) is 15.8. The Hall–Kier alpha value is -0.800. The highest BCUT2D eigenvalue weighted by molar-refractivity contribution is 9.10. The smallest absolute Gasteiger partial charge is 0.269 e. The Morgan fingerprint density at radius 3 is 2.48 bits per heavy atom. The highest BCUT2D eigenvalue weighted by Crippen LogP contribution is 2.31. The van der Waals surface area contributed by atoms with Crippen molar-refractivity contribution in [2.45, 2.75) is 32.6 Å². The molecule has 0 radical (unpaired) electrons. The largest absolute Gasteiger partial charge is 0.301 e. The van der Waals surface area contributed by atoms with Gasteiger partial charge in [0.2, 0.25) is 0 Å². The third-order valence-corrected chi connectivity index (χ3v) is 5.80. The molecule has 0 aliphatic carbocycles. The summed E-state index contributed by atoms with van der Waals surface area (Å²) in [5.41, 5.74) is 1.61. The first kappa shape index (κ1) is 16.6. The molecule has 1 saturated heterocycles. The molecule has 9 heteroatoms. The third-order valence-electron chi connectivity index (χ3n) is 3.49. The van der Waals surface area contributed by atoms with E-state index in [1.54, 1.807) is 20.0 Å². The van der Waals surface area contributed by atoms with Gasteiger partial charge >= 0.3 is 10.2 Å². The van der Waals surface area contributed by atoms with Crippen LogP contribution in [0.15, 0.2) is 10.7 Å². The maximum Gasteiger partial charge on any atom is 0.301 e. The standard InChI is InChI=1S/C12H16BrF2N3O2S/c1-8-10(13)7-16-9(2)11(8)17-21(19,20)18-5-3-12(14,15)4-6-18/h7,17H,3-6H2,1-2H3. The Labute approximate surface area is 131 Å². The van der Waals surface area contributed by atoms with E-state index in [-0.39, 0.29) is 13.1 Å². The lowest BCUT2D eigenvalue weighted by Gasteiger charge is -2.31. The SMILES string of the molecule is Cc1ncc(Br)c(C)c1NS(=O)(=O)N1CCC(F)(F)CC1. The predicted molar refractivity (Wildman–Crippen MR) is 79.7 cm³/mol. The minimum absolute atomic E-state index is 0.193. The van der Waals surface area contributed by atoms with Crippen LogP contribution in [0.2, 0.25) is 0 Å². The number of halogens is 3. The fourth-order valence-electron chi connectivity index (χ4n) is 2.10. The second-order valence-corrected chi connectivity index (χ2v) is 7.58. The van der Waals surface area contributed by atoms with Crippen LogP contribution in [0.3, 0.4) is 0 Å². The molecule has 1 aliphatic rings. The van der Waals surface area contributed by atoms with Crippen molar-refractivity contribution in [3.05, 3.63) is 21.9 Å². The minimum atomic E-state index is -3.86. The second kappa shape index (κ2) is 5.77. The van der Waals surface area contributed by atoms with Gasteiger partial charge in [0.15, 0.2) is 0 Å². The second-order valence-electron chi connectivity index (χ2n) is 5.05. The summed E-state index contributed by atoms with van der Waals surface area (Å²) in [5.74, 6) is -2.78. The zero-order valence-corrected chi connectivity index (χ0v) is 14.1. The van der Waals surface area contributed by atoms with Gasteiger partial charge in [0.25, 0.3) is 5.92 Å². The van der Waals surface area contributed by atoms with Gasteiger partial charge in [-0.25, -0.2) is 8.78 Å². The highest BCUT2D eigenvalue weighted by Gasteiger charge is 2.38. The Kier molecular flexibility index (Phi) is 4.55. The van der Waals surface area contributed by atoms with E-state index in [0.29, 0.717) is 21.4 Å². The summed E-state index contributed by atoms with van der Waals surface area (Å²) in [7, 11) is -3.86. The number of nitrogens with zero attached hydrogens (tertiary/aromatic N) is 2. The van der Waals surface area contributed by atoms with Crippen molar-refractivity contribution in [2.75, 3.05) is 17.8 Å². The Bertz CT molecular complexity index is 642. The van der Waals surface area contributed by atoms with Crippen molar-refractivity contribution < 1.29 is 17.2 Å². The first-order valence-electron chi connectivity index (χ1n) is 6.40. The molecule has 1 aliphatic heterocycles. The molecule has 21 heavy (non-hydrogen) atoms. The van der Waals surface area contributed by atoms with Crippen molar-refractivity contribution in [1.29, 1.82) is 0 Å². The average Bonchev–Trinajstić information content (AvgIpc) is 2.39. The molecule has 2 rings (SSSR count). The van der Waals surface area contributed by atoms with E-state index in [9.17, 15) is 17.2 Å². The molecule has 0 aromatic carbocycles. The van der Waals surface area contributed by atoms with Crippen molar-refractivity contribution >= 4 is 31.8 Å². The highest BCUT2D eigenvalue weighted by atomic mass is 79.9. The van der Waals surface area contributed by atoms with Gasteiger partial charge in [-0.15, -0.1) is 0 Å². The van der Waals surface area contributed by atoms with Crippen molar-refractivity contribution in [3.63, 3.8) is 0 Å². The lowest BCUT2D eigenvalue weighted by molar-refractivity contribution is -0.0411. The molecule has 1 aromatic rings. The molecule has 2 heterocycles. The molecular weight excluding hydrogens is 368 g/mol. The number of piperidine rings is 1. The minimum Gasteiger partial charge on any atom is -0.269 e. The number of aromatic nitrogens is 1. The first-order chi connectivity index (χ1) is 9.62. The molecule has 5 nitrogen and oxygen atoms in total. The topological polar surface area (TPSA) is 62.3 Å². The third kappa shape index (κ3) is 3.70. The maximum atomic E-state index is 13.1. The van der Waals surface area contributed by atoms with E-state index in [1.807, 2.05) is 0 Å². The van der Waals surface area contributed by atoms with E-state index < -0.39 is 29.0 Å². The van der Waals surface area contributed by atoms with Gasteiger partial charge in [0.05, 0.1) is 11.4 Å². The summed E-state index contributed by atoms with van der Waals surface area (Å²) in [6.45, 7) is 3.05. The van der Waals surface area contributed by atoms with Crippen molar-refractivity contribution in [1.82, 2.24) is 9.29 Å². The summed E-state index contributed by atoms with van der Waals surface area (Å²) in [6, 6.07) is 0. The monoisotopic (exact) mass is 383 g/mol.